The van der Waals surface area contributed by atoms with Gasteiger partial charge in [-0.05, 0) is 75.7 Å². The Labute approximate surface area is 210 Å². The number of fused-ring (bicyclic) bond motifs is 1. The molecule has 0 aliphatic heterocycles. The first-order chi connectivity index (χ1) is 17.2. The molecule has 2 heterocycles. The molecule has 0 bridgehead atoms. The number of nitrogens with one attached hydrogen (secondary N) is 1. The van der Waals surface area contributed by atoms with E-state index in [-0.39, 0.29) is 18.4 Å². The van der Waals surface area contributed by atoms with Gasteiger partial charge in [-0.1, -0.05) is 24.3 Å². The van der Waals surface area contributed by atoms with Crippen molar-refractivity contribution in [1.82, 2.24) is 20.3 Å². The van der Waals surface area contributed by atoms with Gasteiger partial charge in [-0.2, -0.15) is 0 Å². The third-order valence-corrected chi connectivity index (χ3v) is 6.21. The molecule has 0 spiro atoms. The van der Waals surface area contributed by atoms with E-state index in [0.29, 0.717) is 34.9 Å². The Kier molecular flexibility index (Phi) is 7.10. The van der Waals surface area contributed by atoms with Crippen LogP contribution in [0, 0.1) is 6.92 Å². The van der Waals surface area contributed by atoms with Gasteiger partial charge in [0.1, 0.15) is 29.3 Å². The molecule has 36 heavy (non-hydrogen) atoms. The lowest BCUT2D eigenvalue weighted by molar-refractivity contribution is -0.128. The second-order valence-electron chi connectivity index (χ2n) is 9.28. The Morgan fingerprint density at radius 2 is 1.83 bits per heavy atom. The summed E-state index contributed by atoms with van der Waals surface area (Å²) in [6.07, 6.45) is 0.712. The number of carbonyl (C=O) groups is 2. The summed E-state index contributed by atoms with van der Waals surface area (Å²) in [6.45, 7) is 7.56. The van der Waals surface area contributed by atoms with E-state index >= 15 is 0 Å². The number of furan rings is 1. The number of hydrogen-bond acceptors (Lipinski definition) is 6. The molecule has 4 rings (SSSR count). The van der Waals surface area contributed by atoms with Crippen molar-refractivity contribution in [3.63, 3.8) is 0 Å². The summed E-state index contributed by atoms with van der Waals surface area (Å²) in [5.41, 5.74) is 1.45. The van der Waals surface area contributed by atoms with Gasteiger partial charge < -0.3 is 14.5 Å². The zero-order chi connectivity index (χ0) is 25.9. The van der Waals surface area contributed by atoms with Crippen LogP contribution in [0.5, 0.6) is 5.75 Å². The number of hydrogen-bond donors (Lipinski definition) is 1. The molecule has 0 saturated heterocycles. The van der Waals surface area contributed by atoms with Crippen LogP contribution >= 0.6 is 0 Å². The summed E-state index contributed by atoms with van der Waals surface area (Å²) < 4.78 is 12.7. The number of aryl methyl sites for hydroxylation is 1. The zero-order valence-electron chi connectivity index (χ0n) is 21.2. The third kappa shape index (κ3) is 5.25. The number of amides is 2. The molecule has 0 radical (unpaired) electrons. The van der Waals surface area contributed by atoms with E-state index in [1.54, 1.807) is 50.4 Å². The van der Waals surface area contributed by atoms with Crippen LogP contribution in [-0.4, -0.2) is 39.5 Å². The molecule has 0 fully saturated rings. The quantitative estimate of drug-likeness (QED) is 0.373. The minimum atomic E-state index is -1.04. The molecule has 1 N–H and O–H groups in total. The number of ether oxygens (including phenoxy) is 1. The fraction of sp³-hybridized carbons (Fsp3) is 0.333. The predicted molar refractivity (Wildman–Crippen MR) is 137 cm³/mol. The van der Waals surface area contributed by atoms with Gasteiger partial charge in [0.25, 0.3) is 5.91 Å². The molecular formula is C27H31N5O4. The summed E-state index contributed by atoms with van der Waals surface area (Å²) in [4.78, 5) is 29.2. The van der Waals surface area contributed by atoms with Gasteiger partial charge in [0.2, 0.25) is 5.91 Å². The maximum Gasteiger partial charge on any atom is 0.251 e. The van der Waals surface area contributed by atoms with Gasteiger partial charge in [0.15, 0.2) is 6.04 Å². The van der Waals surface area contributed by atoms with E-state index in [0.717, 1.165) is 5.52 Å². The van der Waals surface area contributed by atoms with Gasteiger partial charge in [-0.15, -0.1) is 5.10 Å². The van der Waals surface area contributed by atoms with Crippen molar-refractivity contribution >= 4 is 28.5 Å². The smallest absolute Gasteiger partial charge is 0.251 e. The first-order valence-electron chi connectivity index (χ1n) is 11.8. The van der Waals surface area contributed by atoms with Crippen LogP contribution in [0.4, 0.5) is 5.69 Å². The summed E-state index contributed by atoms with van der Waals surface area (Å²) in [6, 6.07) is 16.9. The molecule has 188 valence electrons. The lowest BCUT2D eigenvalue weighted by Crippen LogP contribution is -2.51. The monoisotopic (exact) mass is 489 g/mol. The molecule has 1 unspecified atom stereocenters. The van der Waals surface area contributed by atoms with Crippen molar-refractivity contribution in [2.75, 3.05) is 12.0 Å². The summed E-state index contributed by atoms with van der Waals surface area (Å²) in [5, 5.41) is 11.4. The van der Waals surface area contributed by atoms with E-state index in [1.165, 1.54) is 9.58 Å². The van der Waals surface area contributed by atoms with Gasteiger partial charge in [0, 0.05) is 11.2 Å². The van der Waals surface area contributed by atoms with E-state index in [4.69, 9.17) is 9.15 Å². The molecule has 2 aromatic carbocycles. The molecule has 0 aliphatic carbocycles. The van der Waals surface area contributed by atoms with E-state index in [2.05, 4.69) is 15.6 Å². The Bertz CT molecular complexity index is 1360. The zero-order valence-corrected chi connectivity index (χ0v) is 21.2. The highest BCUT2D eigenvalue weighted by molar-refractivity contribution is 6.01. The molecule has 1 atom stereocenters. The highest BCUT2D eigenvalue weighted by atomic mass is 16.5. The van der Waals surface area contributed by atoms with Crippen molar-refractivity contribution < 1.29 is 18.7 Å². The number of methoxy groups -OCH3 is 1. The number of benzene rings is 2. The number of rotatable bonds is 9. The largest absolute Gasteiger partial charge is 0.497 e. The van der Waals surface area contributed by atoms with E-state index in [1.807, 2.05) is 45.0 Å². The molecule has 9 heteroatoms. The number of aromatic nitrogens is 3. The maximum absolute atomic E-state index is 14.0. The molecule has 2 amide bonds. The topological polar surface area (TPSA) is 102 Å². The minimum absolute atomic E-state index is 0.118. The van der Waals surface area contributed by atoms with Crippen LogP contribution in [-0.2, 0) is 16.1 Å². The number of carbonyl (C=O) groups excluding carboxylic acids is 2. The van der Waals surface area contributed by atoms with Crippen LogP contribution in [0.3, 0.4) is 0 Å². The number of para-hydroxylation sites is 1. The number of nitrogens with zero attached hydrogens (tertiary/aromatic N) is 4. The Morgan fingerprint density at radius 1 is 1.11 bits per heavy atom. The molecule has 0 saturated carbocycles. The highest BCUT2D eigenvalue weighted by Gasteiger charge is 2.37. The second kappa shape index (κ2) is 10.2. The molecule has 4 aromatic rings. The van der Waals surface area contributed by atoms with Crippen molar-refractivity contribution in [2.24, 2.45) is 0 Å². The first kappa shape index (κ1) is 25.0. The molecular weight excluding hydrogens is 458 g/mol. The summed E-state index contributed by atoms with van der Waals surface area (Å²) >= 11 is 0. The van der Waals surface area contributed by atoms with Gasteiger partial charge >= 0.3 is 0 Å². The predicted octanol–water partition coefficient (Wildman–Crippen LogP) is 4.42. The normalized spacial score (nSPS) is 12.4. The Morgan fingerprint density at radius 3 is 2.47 bits per heavy atom. The van der Waals surface area contributed by atoms with Crippen LogP contribution in [0.25, 0.3) is 11.0 Å². The summed E-state index contributed by atoms with van der Waals surface area (Å²) in [5.74, 6) is 0.949. The maximum atomic E-state index is 14.0. The fourth-order valence-corrected chi connectivity index (χ4v) is 3.88. The van der Waals surface area contributed by atoms with Crippen LogP contribution < -0.4 is 15.0 Å². The van der Waals surface area contributed by atoms with Gasteiger partial charge in [-0.25, -0.2) is 4.68 Å². The SMILES string of the molecule is CCC(C)(C)NC(=O)C(c1ccc(C)o1)N(C(=O)Cn1nnc2ccccc21)c1ccc(OC)cc1. The second-order valence-corrected chi connectivity index (χ2v) is 9.28. The molecule has 2 aromatic heterocycles. The van der Waals surface area contributed by atoms with Crippen molar-refractivity contribution in [3.8, 4) is 5.75 Å². The van der Waals surface area contributed by atoms with Crippen molar-refractivity contribution in [2.45, 2.75) is 52.2 Å². The van der Waals surface area contributed by atoms with Crippen molar-refractivity contribution in [1.29, 1.82) is 0 Å². The minimum Gasteiger partial charge on any atom is -0.497 e. The summed E-state index contributed by atoms with van der Waals surface area (Å²) in [7, 11) is 1.57. The van der Waals surface area contributed by atoms with Crippen molar-refractivity contribution in [3.05, 3.63) is 72.2 Å². The number of anilines is 1. The van der Waals surface area contributed by atoms with E-state index in [9.17, 15) is 9.59 Å². The lowest BCUT2D eigenvalue weighted by Gasteiger charge is -2.33. The Hall–Kier alpha value is -4.14. The highest BCUT2D eigenvalue weighted by Crippen LogP contribution is 2.31. The average Bonchev–Trinajstić information content (AvgIpc) is 3.48. The molecule has 9 nitrogen and oxygen atoms in total. The van der Waals surface area contributed by atoms with Gasteiger partial charge in [-0.3, -0.25) is 14.5 Å². The lowest BCUT2D eigenvalue weighted by atomic mass is 10.0. The average molecular weight is 490 g/mol. The van der Waals surface area contributed by atoms with Crippen LogP contribution in [0.1, 0.15) is 44.8 Å². The fourth-order valence-electron chi connectivity index (χ4n) is 3.88. The van der Waals surface area contributed by atoms with Gasteiger partial charge in [0.05, 0.1) is 12.6 Å². The molecule has 0 aliphatic rings. The van der Waals surface area contributed by atoms with E-state index < -0.39 is 11.6 Å². The van der Waals surface area contributed by atoms with Crippen LogP contribution in [0.15, 0.2) is 65.1 Å². The van der Waals surface area contributed by atoms with Crippen LogP contribution in [0.2, 0.25) is 0 Å². The Balaban J connectivity index is 1.80. The standard InChI is InChI=1S/C27H31N5O4/c1-6-27(3,4)28-26(34)25(23-16-11-18(2)36-23)32(19-12-14-20(35-5)15-13-19)24(33)17-31-22-10-8-7-9-21(22)29-30-31/h7-16,25H,6,17H2,1-5H3,(H,28,34). The third-order valence-electron chi connectivity index (χ3n) is 6.21. The first-order valence-corrected chi connectivity index (χ1v) is 11.8.